The van der Waals surface area contributed by atoms with Crippen LogP contribution in [0.4, 0.5) is 0 Å². The Labute approximate surface area is 249 Å². The fourth-order valence-electron chi connectivity index (χ4n) is 4.95. The van der Waals surface area contributed by atoms with Gasteiger partial charge >= 0.3 is 11.9 Å². The Morgan fingerprint density at radius 3 is 2.17 bits per heavy atom. The Hall–Kier alpha value is -4.12. The summed E-state index contributed by atoms with van der Waals surface area (Å²) in [6.45, 7) is 6.30. The normalized spacial score (nSPS) is 13.8. The number of halogens is 1. The number of nitrogens with zero attached hydrogens (tertiary/aromatic N) is 3. The molecule has 11 heteroatoms. The topological polar surface area (TPSA) is 126 Å². The summed E-state index contributed by atoms with van der Waals surface area (Å²) in [7, 11) is 3.27. The summed E-state index contributed by atoms with van der Waals surface area (Å²) < 4.78 is 16.3. The Balaban J connectivity index is 0.000000612. The second-order valence-corrected chi connectivity index (χ2v) is 10.3. The van der Waals surface area contributed by atoms with Gasteiger partial charge in [-0.3, -0.25) is 4.90 Å². The Morgan fingerprint density at radius 2 is 1.52 bits per heavy atom. The molecule has 0 spiro atoms. The number of fused-ring (bicyclic) bond motifs is 1. The first-order valence-corrected chi connectivity index (χ1v) is 13.9. The van der Waals surface area contributed by atoms with E-state index >= 15 is 0 Å². The van der Waals surface area contributed by atoms with Crippen molar-refractivity contribution in [1.29, 1.82) is 0 Å². The van der Waals surface area contributed by atoms with E-state index in [1.165, 1.54) is 16.7 Å². The molecule has 1 aliphatic heterocycles. The number of carbonyl (C=O) groups is 2. The van der Waals surface area contributed by atoms with Gasteiger partial charge < -0.3 is 29.1 Å². The van der Waals surface area contributed by atoms with Crippen molar-refractivity contribution in [2.75, 3.05) is 46.9 Å². The standard InChI is InChI=1S/C29H32ClN3O3.C2H2O4/c1-34-28-18-25-26(31-36-27(25)19-29(28)35-2)8-5-13-32-14-16-33(17-15-32)20-22-6-3-4-7-24(22)21-9-11-23(30)12-10-21;3-1(4)2(5)6/h3-4,6-7,9-12,18-19H,5,8,13-17,20H2,1-2H3;(H,3,4)(H,5,6). The molecule has 1 aromatic heterocycles. The number of aliphatic carboxylic acids is 2. The van der Waals surface area contributed by atoms with Gasteiger partial charge in [-0.2, -0.15) is 0 Å². The van der Waals surface area contributed by atoms with Crippen LogP contribution in [0.5, 0.6) is 11.5 Å². The van der Waals surface area contributed by atoms with E-state index in [1.807, 2.05) is 24.3 Å². The van der Waals surface area contributed by atoms with Crippen LogP contribution in [0, 0.1) is 0 Å². The molecule has 4 aromatic rings. The Bertz CT molecular complexity index is 1490. The van der Waals surface area contributed by atoms with Crippen molar-refractivity contribution in [3.05, 3.63) is 76.9 Å². The van der Waals surface area contributed by atoms with Crippen LogP contribution in [0.25, 0.3) is 22.1 Å². The van der Waals surface area contributed by atoms with E-state index < -0.39 is 11.9 Å². The summed E-state index contributed by atoms with van der Waals surface area (Å²) in [5.41, 5.74) is 5.56. The number of methoxy groups -OCH3 is 2. The van der Waals surface area contributed by atoms with Gasteiger partial charge in [-0.15, -0.1) is 0 Å². The van der Waals surface area contributed by atoms with Gasteiger partial charge in [0.2, 0.25) is 0 Å². The van der Waals surface area contributed by atoms with Crippen LogP contribution >= 0.6 is 11.6 Å². The molecule has 10 nitrogen and oxygen atoms in total. The summed E-state index contributed by atoms with van der Waals surface area (Å²) in [5.74, 6) is -2.30. The molecule has 1 aliphatic rings. The molecule has 2 heterocycles. The van der Waals surface area contributed by atoms with Crippen molar-refractivity contribution < 1.29 is 33.8 Å². The third-order valence-corrected chi connectivity index (χ3v) is 7.41. The van der Waals surface area contributed by atoms with Crippen molar-refractivity contribution in [1.82, 2.24) is 15.0 Å². The summed E-state index contributed by atoms with van der Waals surface area (Å²) in [6.07, 6.45) is 1.91. The Morgan fingerprint density at radius 1 is 0.905 bits per heavy atom. The highest BCUT2D eigenvalue weighted by Gasteiger charge is 2.19. The second kappa shape index (κ2) is 14.7. The summed E-state index contributed by atoms with van der Waals surface area (Å²) in [5, 5.41) is 20.9. The molecule has 0 radical (unpaired) electrons. The number of benzene rings is 3. The summed E-state index contributed by atoms with van der Waals surface area (Å²) in [4.78, 5) is 23.3. The molecular weight excluding hydrogens is 562 g/mol. The van der Waals surface area contributed by atoms with Crippen LogP contribution in [0.15, 0.2) is 65.2 Å². The lowest BCUT2D eigenvalue weighted by atomic mass is 9.99. The molecule has 2 N–H and O–H groups in total. The predicted molar refractivity (Wildman–Crippen MR) is 159 cm³/mol. The van der Waals surface area contributed by atoms with Crippen LogP contribution in [0.2, 0.25) is 5.02 Å². The molecule has 3 aromatic carbocycles. The number of hydrogen-bond acceptors (Lipinski definition) is 8. The molecule has 0 atom stereocenters. The minimum Gasteiger partial charge on any atom is -0.493 e. The molecule has 1 fully saturated rings. The zero-order chi connectivity index (χ0) is 30.1. The van der Waals surface area contributed by atoms with Gasteiger partial charge in [0, 0.05) is 49.2 Å². The third kappa shape index (κ3) is 8.00. The van der Waals surface area contributed by atoms with Crippen LogP contribution in [0.3, 0.4) is 0 Å². The lowest BCUT2D eigenvalue weighted by Gasteiger charge is -2.35. The fourth-order valence-corrected chi connectivity index (χ4v) is 5.07. The quantitative estimate of drug-likeness (QED) is 0.253. The summed E-state index contributed by atoms with van der Waals surface area (Å²) in [6, 6.07) is 20.6. The number of piperazine rings is 1. The zero-order valence-corrected chi connectivity index (χ0v) is 24.3. The van der Waals surface area contributed by atoms with E-state index in [9.17, 15) is 0 Å². The third-order valence-electron chi connectivity index (χ3n) is 7.15. The Kier molecular flexibility index (Phi) is 10.8. The molecule has 42 heavy (non-hydrogen) atoms. The van der Waals surface area contributed by atoms with Crippen molar-refractivity contribution in [2.45, 2.75) is 19.4 Å². The number of carboxylic acid groups (broad SMARTS) is 2. The van der Waals surface area contributed by atoms with Gasteiger partial charge in [-0.05, 0) is 54.3 Å². The number of carboxylic acids is 2. The molecule has 0 unspecified atom stereocenters. The van der Waals surface area contributed by atoms with Crippen molar-refractivity contribution in [2.24, 2.45) is 0 Å². The maximum atomic E-state index is 9.10. The number of aryl methyl sites for hydroxylation is 1. The summed E-state index contributed by atoms with van der Waals surface area (Å²) >= 11 is 6.09. The first-order valence-electron chi connectivity index (χ1n) is 13.5. The molecule has 5 rings (SSSR count). The van der Waals surface area contributed by atoms with E-state index in [-0.39, 0.29) is 0 Å². The SMILES string of the molecule is COc1cc2onc(CCCN3CCN(Cc4ccccc4-c4ccc(Cl)cc4)CC3)c2cc1OC.O=C(O)C(=O)O. The minimum atomic E-state index is -1.82. The molecule has 0 bridgehead atoms. The zero-order valence-electron chi connectivity index (χ0n) is 23.6. The number of rotatable bonds is 9. The molecule has 0 amide bonds. The van der Waals surface area contributed by atoms with Gasteiger partial charge in [0.15, 0.2) is 17.1 Å². The fraction of sp³-hybridized carbons (Fsp3) is 0.323. The average Bonchev–Trinajstić information content (AvgIpc) is 3.40. The van der Waals surface area contributed by atoms with Crippen molar-refractivity contribution in [3.8, 4) is 22.6 Å². The van der Waals surface area contributed by atoms with Gasteiger partial charge in [-0.1, -0.05) is 53.2 Å². The number of aromatic nitrogens is 1. The lowest BCUT2D eigenvalue weighted by Crippen LogP contribution is -2.46. The maximum absolute atomic E-state index is 9.10. The van der Waals surface area contributed by atoms with Crippen LogP contribution in [-0.2, 0) is 22.6 Å². The van der Waals surface area contributed by atoms with Crippen molar-refractivity contribution in [3.63, 3.8) is 0 Å². The van der Waals surface area contributed by atoms with E-state index in [2.05, 4.69) is 51.4 Å². The highest BCUT2D eigenvalue weighted by Crippen LogP contribution is 2.34. The lowest BCUT2D eigenvalue weighted by molar-refractivity contribution is -0.159. The molecule has 222 valence electrons. The molecule has 0 saturated carbocycles. The predicted octanol–water partition coefficient (Wildman–Crippen LogP) is 5.07. The first-order chi connectivity index (χ1) is 20.3. The van der Waals surface area contributed by atoms with Gasteiger partial charge in [-0.25, -0.2) is 9.59 Å². The minimum absolute atomic E-state index is 0.654. The van der Waals surface area contributed by atoms with Crippen LogP contribution < -0.4 is 9.47 Å². The second-order valence-electron chi connectivity index (χ2n) is 9.83. The van der Waals surface area contributed by atoms with Gasteiger partial charge in [0.05, 0.1) is 19.9 Å². The van der Waals surface area contributed by atoms with Crippen molar-refractivity contribution >= 4 is 34.5 Å². The smallest absolute Gasteiger partial charge is 0.414 e. The largest absolute Gasteiger partial charge is 0.493 e. The monoisotopic (exact) mass is 595 g/mol. The highest BCUT2D eigenvalue weighted by molar-refractivity contribution is 6.30. The van der Waals surface area contributed by atoms with E-state index in [0.29, 0.717) is 11.5 Å². The first kappa shape index (κ1) is 30.8. The molecule has 0 aliphatic carbocycles. The maximum Gasteiger partial charge on any atom is 0.414 e. The van der Waals surface area contributed by atoms with Gasteiger partial charge in [0.25, 0.3) is 0 Å². The van der Waals surface area contributed by atoms with E-state index in [0.717, 1.165) is 73.8 Å². The van der Waals surface area contributed by atoms with E-state index in [4.69, 9.17) is 45.4 Å². The van der Waals surface area contributed by atoms with E-state index in [1.54, 1.807) is 14.2 Å². The van der Waals surface area contributed by atoms with Gasteiger partial charge in [0.1, 0.15) is 0 Å². The molecule has 1 saturated heterocycles. The number of ether oxygens (including phenoxy) is 2. The van der Waals surface area contributed by atoms with Crippen LogP contribution in [-0.4, -0.2) is 84.1 Å². The van der Waals surface area contributed by atoms with Crippen LogP contribution in [0.1, 0.15) is 17.7 Å². The number of hydrogen-bond donors (Lipinski definition) is 2. The highest BCUT2D eigenvalue weighted by atomic mass is 35.5. The average molecular weight is 596 g/mol. The molecular formula is C31H34ClN3O7.